The van der Waals surface area contributed by atoms with Crippen LogP contribution in [0.2, 0.25) is 0 Å². The van der Waals surface area contributed by atoms with E-state index in [1.165, 1.54) is 0 Å². The van der Waals surface area contributed by atoms with Gasteiger partial charge in [-0.1, -0.05) is 12.1 Å². The van der Waals surface area contributed by atoms with Gasteiger partial charge >= 0.3 is 0 Å². The average molecular weight is 487 g/mol. The van der Waals surface area contributed by atoms with Gasteiger partial charge in [0, 0.05) is 37.9 Å². The number of hydrogen-bond donors (Lipinski definition) is 4. The molecule has 1 fully saturated rings. The smallest absolute Gasteiger partial charge is 0.233 e. The second-order valence-electron chi connectivity index (χ2n) is 8.64. The van der Waals surface area contributed by atoms with Gasteiger partial charge in [-0.15, -0.1) is 0 Å². The molecule has 35 heavy (non-hydrogen) atoms. The van der Waals surface area contributed by atoms with Crippen LogP contribution in [0.4, 0.5) is 23.5 Å². The van der Waals surface area contributed by atoms with E-state index in [9.17, 15) is 4.79 Å². The number of carbonyl (C=O) groups excluding carboxylic acids is 1. The van der Waals surface area contributed by atoms with E-state index in [4.69, 9.17) is 15.2 Å². The number of benzene rings is 1. The number of ether oxygens (including phenoxy) is 2. The van der Waals surface area contributed by atoms with Crippen molar-refractivity contribution in [3.63, 3.8) is 0 Å². The van der Waals surface area contributed by atoms with Crippen molar-refractivity contribution in [1.82, 2.24) is 20.3 Å². The van der Waals surface area contributed by atoms with Gasteiger partial charge in [0.1, 0.15) is 0 Å². The summed E-state index contributed by atoms with van der Waals surface area (Å²) in [6.45, 7) is 8.93. The summed E-state index contributed by atoms with van der Waals surface area (Å²) in [6.07, 6.45) is 2.59. The van der Waals surface area contributed by atoms with Crippen LogP contribution < -0.4 is 26.6 Å². The van der Waals surface area contributed by atoms with Gasteiger partial charge in [0.25, 0.3) is 0 Å². The fourth-order valence-electron chi connectivity index (χ4n) is 3.55. The molecule has 1 amide bonds. The molecular formula is C24H38N8O3. The van der Waals surface area contributed by atoms with Crippen LogP contribution in [-0.4, -0.2) is 79.5 Å². The molecular weight excluding hydrogens is 448 g/mol. The largest absolute Gasteiger partial charge is 0.378 e. The van der Waals surface area contributed by atoms with E-state index >= 15 is 0 Å². The number of nitrogens with zero attached hydrogens (tertiary/aromatic N) is 4. The highest BCUT2D eigenvalue weighted by molar-refractivity contribution is 5.78. The van der Waals surface area contributed by atoms with Gasteiger partial charge in [-0.25, -0.2) is 0 Å². The highest BCUT2D eigenvalue weighted by Gasteiger charge is 2.18. The van der Waals surface area contributed by atoms with Gasteiger partial charge in [0.2, 0.25) is 23.8 Å². The zero-order valence-corrected chi connectivity index (χ0v) is 20.8. The highest BCUT2D eigenvalue weighted by atomic mass is 16.5. The van der Waals surface area contributed by atoms with Crippen LogP contribution in [0, 0.1) is 0 Å². The molecule has 1 aliphatic rings. The molecule has 0 spiro atoms. The molecule has 1 saturated heterocycles. The number of amides is 1. The second kappa shape index (κ2) is 14.4. The SMILES string of the molecule is CC(C)Nc1nc(Nc2ccc(CC(=O)NCCOCCOCCN)cc2)nc(N2CCCC2)n1. The van der Waals surface area contributed by atoms with Crippen molar-refractivity contribution in [1.29, 1.82) is 0 Å². The Hall–Kier alpha value is -3.02. The third-order valence-corrected chi connectivity index (χ3v) is 5.21. The lowest BCUT2D eigenvalue weighted by Crippen LogP contribution is -2.29. The van der Waals surface area contributed by atoms with E-state index in [2.05, 4.69) is 35.8 Å². The summed E-state index contributed by atoms with van der Waals surface area (Å²) in [4.78, 5) is 28.1. The minimum Gasteiger partial charge on any atom is -0.378 e. The Balaban J connectivity index is 1.48. The number of anilines is 4. The Morgan fingerprint density at radius 3 is 2.37 bits per heavy atom. The van der Waals surface area contributed by atoms with E-state index in [0.29, 0.717) is 63.8 Å². The standard InChI is InChI=1S/C24H38N8O3/c1-18(2)27-22-29-23(31-24(30-22)32-11-3-4-12-32)28-20-7-5-19(6-8-20)17-21(33)26-10-14-35-16-15-34-13-9-25/h5-8,18H,3-4,9-17,25H2,1-2H3,(H,26,33)(H2,27,28,29,30,31). The van der Waals surface area contributed by atoms with Crippen LogP contribution in [0.5, 0.6) is 0 Å². The lowest BCUT2D eigenvalue weighted by molar-refractivity contribution is -0.120. The van der Waals surface area contributed by atoms with Crippen molar-refractivity contribution < 1.29 is 14.3 Å². The molecule has 5 N–H and O–H groups in total. The zero-order chi connectivity index (χ0) is 24.9. The quantitative estimate of drug-likeness (QED) is 0.275. The van der Waals surface area contributed by atoms with Crippen molar-refractivity contribution in [3.8, 4) is 0 Å². The van der Waals surface area contributed by atoms with Crippen molar-refractivity contribution in [2.45, 2.75) is 39.2 Å². The molecule has 1 aliphatic heterocycles. The molecule has 0 atom stereocenters. The summed E-state index contributed by atoms with van der Waals surface area (Å²) in [7, 11) is 0. The number of hydrogen-bond acceptors (Lipinski definition) is 10. The van der Waals surface area contributed by atoms with E-state index in [0.717, 1.165) is 37.2 Å². The van der Waals surface area contributed by atoms with Gasteiger partial charge in [-0.3, -0.25) is 4.79 Å². The maximum absolute atomic E-state index is 12.2. The Morgan fingerprint density at radius 1 is 1.00 bits per heavy atom. The van der Waals surface area contributed by atoms with Crippen molar-refractivity contribution in [2.24, 2.45) is 5.73 Å². The Bertz CT molecular complexity index is 904. The van der Waals surface area contributed by atoms with Crippen LogP contribution in [0.1, 0.15) is 32.3 Å². The topological polar surface area (TPSA) is 140 Å². The molecule has 1 aromatic heterocycles. The number of nitrogens with two attached hydrogens (primary N) is 1. The average Bonchev–Trinajstić information content (AvgIpc) is 3.37. The van der Waals surface area contributed by atoms with E-state index in [1.54, 1.807) is 0 Å². The Kier molecular flexibility index (Phi) is 10.9. The first-order valence-electron chi connectivity index (χ1n) is 12.3. The molecule has 3 rings (SSSR count). The van der Waals surface area contributed by atoms with Crippen molar-refractivity contribution >= 4 is 29.4 Å². The summed E-state index contributed by atoms with van der Waals surface area (Å²) in [6, 6.07) is 7.89. The van der Waals surface area contributed by atoms with Crippen molar-refractivity contribution in [2.75, 3.05) is 68.1 Å². The maximum Gasteiger partial charge on any atom is 0.233 e. The van der Waals surface area contributed by atoms with Gasteiger partial charge in [-0.05, 0) is 44.4 Å². The maximum atomic E-state index is 12.2. The fourth-order valence-corrected chi connectivity index (χ4v) is 3.55. The molecule has 11 nitrogen and oxygen atoms in total. The number of nitrogens with one attached hydrogen (secondary N) is 3. The third-order valence-electron chi connectivity index (χ3n) is 5.21. The minimum atomic E-state index is -0.0502. The number of carbonyl (C=O) groups is 1. The minimum absolute atomic E-state index is 0.0502. The van der Waals surface area contributed by atoms with Gasteiger partial charge in [0.15, 0.2) is 0 Å². The van der Waals surface area contributed by atoms with Gasteiger partial charge in [-0.2, -0.15) is 15.0 Å². The summed E-state index contributed by atoms with van der Waals surface area (Å²) in [5.74, 6) is 1.68. The van der Waals surface area contributed by atoms with Gasteiger partial charge < -0.3 is 36.1 Å². The van der Waals surface area contributed by atoms with Crippen LogP contribution in [-0.2, 0) is 20.7 Å². The zero-order valence-electron chi connectivity index (χ0n) is 20.8. The summed E-state index contributed by atoms with van der Waals surface area (Å²) in [5, 5.41) is 9.40. The molecule has 2 heterocycles. The molecule has 0 saturated carbocycles. The van der Waals surface area contributed by atoms with Crippen LogP contribution in [0.15, 0.2) is 24.3 Å². The number of rotatable bonds is 15. The fraction of sp³-hybridized carbons (Fsp3) is 0.583. The first-order valence-corrected chi connectivity index (χ1v) is 12.3. The van der Waals surface area contributed by atoms with Crippen LogP contribution >= 0.6 is 0 Å². The summed E-state index contributed by atoms with van der Waals surface area (Å²) >= 11 is 0. The predicted molar refractivity (Wildman–Crippen MR) is 137 cm³/mol. The highest BCUT2D eigenvalue weighted by Crippen LogP contribution is 2.21. The lowest BCUT2D eigenvalue weighted by atomic mass is 10.1. The van der Waals surface area contributed by atoms with Gasteiger partial charge in [0.05, 0.1) is 32.8 Å². The predicted octanol–water partition coefficient (Wildman–Crippen LogP) is 1.69. The molecule has 0 radical (unpaired) electrons. The first kappa shape index (κ1) is 26.6. The second-order valence-corrected chi connectivity index (χ2v) is 8.64. The number of aromatic nitrogens is 3. The lowest BCUT2D eigenvalue weighted by Gasteiger charge is -2.18. The summed E-state index contributed by atoms with van der Waals surface area (Å²) < 4.78 is 10.6. The van der Waals surface area contributed by atoms with E-state index < -0.39 is 0 Å². The normalized spacial score (nSPS) is 13.3. The Morgan fingerprint density at radius 2 is 1.69 bits per heavy atom. The third kappa shape index (κ3) is 9.63. The molecule has 0 aliphatic carbocycles. The van der Waals surface area contributed by atoms with Crippen LogP contribution in [0.25, 0.3) is 0 Å². The molecule has 11 heteroatoms. The molecule has 0 bridgehead atoms. The molecule has 192 valence electrons. The molecule has 2 aromatic rings. The van der Waals surface area contributed by atoms with E-state index in [1.807, 2.05) is 38.1 Å². The van der Waals surface area contributed by atoms with Crippen LogP contribution in [0.3, 0.4) is 0 Å². The van der Waals surface area contributed by atoms with E-state index in [-0.39, 0.29) is 11.9 Å². The molecule has 0 unspecified atom stereocenters. The Labute approximate surface area is 207 Å². The monoisotopic (exact) mass is 486 g/mol. The summed E-state index contributed by atoms with van der Waals surface area (Å²) in [5.41, 5.74) is 7.11. The van der Waals surface area contributed by atoms with Crippen molar-refractivity contribution in [3.05, 3.63) is 29.8 Å². The first-order chi connectivity index (χ1) is 17.0. The molecule has 1 aromatic carbocycles.